The Morgan fingerprint density at radius 2 is 2.45 bits per heavy atom. The quantitative estimate of drug-likeness (QED) is 0.625. The molecular weight excluding hydrogens is 140 g/mol. The predicted molar refractivity (Wildman–Crippen MR) is 44.4 cm³/mol. The second kappa shape index (κ2) is 4.52. The maximum atomic E-state index is 8.93. The number of rotatable bonds is 3. The largest absolute Gasteiger partial charge is 0.396 e. The zero-order chi connectivity index (χ0) is 8.10. The molecule has 0 radical (unpaired) electrons. The lowest BCUT2D eigenvalue weighted by Crippen LogP contribution is -2.28. The molecule has 0 bridgehead atoms. The summed E-state index contributed by atoms with van der Waals surface area (Å²) in [6, 6.07) is 0. The number of aliphatic hydroxyl groups excluding tert-OH is 1. The maximum absolute atomic E-state index is 8.93. The van der Waals surface area contributed by atoms with E-state index < -0.39 is 0 Å². The molecule has 2 atom stereocenters. The number of hydrogen-bond acceptors (Lipinski definition) is 2. The molecule has 0 aliphatic carbocycles. The van der Waals surface area contributed by atoms with Crippen LogP contribution in [0.1, 0.15) is 19.3 Å². The second-order valence-electron chi connectivity index (χ2n) is 2.99. The molecule has 2 nitrogen and oxygen atoms in total. The van der Waals surface area contributed by atoms with Gasteiger partial charge in [-0.25, -0.2) is 0 Å². The molecule has 0 amide bonds. The Labute approximate surface area is 67.9 Å². The Balaban J connectivity index is 2.35. The molecule has 0 unspecified atom stereocenters. The summed E-state index contributed by atoms with van der Waals surface area (Å²) in [5.74, 6) is 0.135. The van der Waals surface area contributed by atoms with Crippen LogP contribution >= 0.6 is 0 Å². The van der Waals surface area contributed by atoms with Crippen molar-refractivity contribution in [2.24, 2.45) is 5.92 Å². The van der Waals surface area contributed by atoms with Crippen molar-refractivity contribution in [3.63, 3.8) is 0 Å². The van der Waals surface area contributed by atoms with Gasteiger partial charge in [0.15, 0.2) is 0 Å². The summed E-state index contributed by atoms with van der Waals surface area (Å²) in [5, 5.41) is 8.93. The number of hydrogen-bond donors (Lipinski definition) is 1. The minimum Gasteiger partial charge on any atom is -0.396 e. The SMILES string of the molecule is C=C[C@H](CO)[C@@H]1CCCCO1. The summed E-state index contributed by atoms with van der Waals surface area (Å²) < 4.78 is 5.49. The third-order valence-corrected chi connectivity index (χ3v) is 2.21. The Morgan fingerprint density at radius 1 is 1.64 bits per heavy atom. The van der Waals surface area contributed by atoms with E-state index in [-0.39, 0.29) is 18.6 Å². The average Bonchev–Trinajstić information content (AvgIpc) is 2.09. The molecule has 1 aliphatic rings. The van der Waals surface area contributed by atoms with Crippen molar-refractivity contribution in [3.05, 3.63) is 12.7 Å². The third kappa shape index (κ3) is 2.31. The van der Waals surface area contributed by atoms with Crippen molar-refractivity contribution < 1.29 is 9.84 Å². The monoisotopic (exact) mass is 156 g/mol. The van der Waals surface area contributed by atoms with Crippen molar-refractivity contribution in [1.29, 1.82) is 0 Å². The smallest absolute Gasteiger partial charge is 0.0659 e. The molecule has 1 heterocycles. The minimum absolute atomic E-state index is 0.135. The van der Waals surface area contributed by atoms with Gasteiger partial charge in [0.05, 0.1) is 12.7 Å². The van der Waals surface area contributed by atoms with Crippen LogP contribution in [0.4, 0.5) is 0 Å². The maximum Gasteiger partial charge on any atom is 0.0659 e. The van der Waals surface area contributed by atoms with Crippen molar-refractivity contribution in [2.45, 2.75) is 25.4 Å². The van der Waals surface area contributed by atoms with Gasteiger partial charge in [-0.3, -0.25) is 0 Å². The number of ether oxygens (including phenoxy) is 1. The van der Waals surface area contributed by atoms with Crippen molar-refractivity contribution >= 4 is 0 Å². The first-order valence-corrected chi connectivity index (χ1v) is 4.23. The van der Waals surface area contributed by atoms with Crippen LogP contribution in [0.15, 0.2) is 12.7 Å². The Morgan fingerprint density at radius 3 is 2.91 bits per heavy atom. The fourth-order valence-electron chi connectivity index (χ4n) is 1.45. The van der Waals surface area contributed by atoms with Crippen molar-refractivity contribution in [1.82, 2.24) is 0 Å². The molecule has 1 saturated heterocycles. The van der Waals surface area contributed by atoms with Crippen LogP contribution in [0, 0.1) is 5.92 Å². The van der Waals surface area contributed by atoms with Crippen LogP contribution in [-0.4, -0.2) is 24.4 Å². The highest BCUT2D eigenvalue weighted by Gasteiger charge is 2.20. The molecule has 0 saturated carbocycles. The van der Waals surface area contributed by atoms with E-state index in [1.54, 1.807) is 6.08 Å². The lowest BCUT2D eigenvalue weighted by Gasteiger charge is -2.27. The van der Waals surface area contributed by atoms with E-state index in [0.29, 0.717) is 0 Å². The van der Waals surface area contributed by atoms with Crippen molar-refractivity contribution in [3.8, 4) is 0 Å². The Hall–Kier alpha value is -0.340. The first kappa shape index (κ1) is 8.75. The van der Waals surface area contributed by atoms with Gasteiger partial charge in [0.25, 0.3) is 0 Å². The van der Waals surface area contributed by atoms with Gasteiger partial charge in [-0.1, -0.05) is 6.08 Å². The van der Waals surface area contributed by atoms with Gasteiger partial charge in [0, 0.05) is 12.5 Å². The highest BCUT2D eigenvalue weighted by Crippen LogP contribution is 2.20. The fourth-order valence-corrected chi connectivity index (χ4v) is 1.45. The molecule has 64 valence electrons. The Bertz CT molecular complexity index is 117. The van der Waals surface area contributed by atoms with Gasteiger partial charge in [-0.15, -0.1) is 6.58 Å². The summed E-state index contributed by atoms with van der Waals surface area (Å²) in [5.41, 5.74) is 0. The molecule has 0 aromatic carbocycles. The summed E-state index contributed by atoms with van der Waals surface area (Å²) in [7, 11) is 0. The van der Waals surface area contributed by atoms with Crippen molar-refractivity contribution in [2.75, 3.05) is 13.2 Å². The van der Waals surface area contributed by atoms with Crippen LogP contribution in [0.5, 0.6) is 0 Å². The summed E-state index contributed by atoms with van der Waals surface area (Å²) >= 11 is 0. The van der Waals surface area contributed by atoms with Crippen LogP contribution in [0.25, 0.3) is 0 Å². The van der Waals surface area contributed by atoms with Gasteiger partial charge in [-0.2, -0.15) is 0 Å². The van der Waals surface area contributed by atoms with Gasteiger partial charge >= 0.3 is 0 Å². The van der Waals surface area contributed by atoms with Crippen LogP contribution < -0.4 is 0 Å². The summed E-state index contributed by atoms with van der Waals surface area (Å²) in [4.78, 5) is 0. The van der Waals surface area contributed by atoms with Gasteiger partial charge in [0.2, 0.25) is 0 Å². The fraction of sp³-hybridized carbons (Fsp3) is 0.778. The molecule has 1 N–H and O–H groups in total. The normalized spacial score (nSPS) is 27.9. The predicted octanol–water partition coefficient (Wildman–Crippen LogP) is 1.35. The van der Waals surface area contributed by atoms with Crippen LogP contribution in [-0.2, 0) is 4.74 Å². The van der Waals surface area contributed by atoms with E-state index in [0.717, 1.165) is 19.4 Å². The minimum atomic E-state index is 0.135. The molecular formula is C9H16O2. The van der Waals surface area contributed by atoms with Crippen LogP contribution in [0.2, 0.25) is 0 Å². The first-order valence-electron chi connectivity index (χ1n) is 4.23. The molecule has 2 heteroatoms. The molecule has 0 spiro atoms. The number of aliphatic hydroxyl groups is 1. The van der Waals surface area contributed by atoms with Crippen LogP contribution in [0.3, 0.4) is 0 Å². The van der Waals surface area contributed by atoms with E-state index in [2.05, 4.69) is 6.58 Å². The molecule has 1 rings (SSSR count). The van der Waals surface area contributed by atoms with E-state index in [1.165, 1.54) is 6.42 Å². The first-order chi connectivity index (χ1) is 5.38. The third-order valence-electron chi connectivity index (χ3n) is 2.21. The molecule has 1 fully saturated rings. The second-order valence-corrected chi connectivity index (χ2v) is 2.99. The van der Waals surface area contributed by atoms with Gasteiger partial charge in [-0.05, 0) is 19.3 Å². The lowest BCUT2D eigenvalue weighted by atomic mass is 9.97. The average molecular weight is 156 g/mol. The standard InChI is InChI=1S/C9H16O2/c1-2-8(7-10)9-5-3-4-6-11-9/h2,8-10H,1,3-7H2/t8-,9+/m1/s1. The zero-order valence-electron chi connectivity index (χ0n) is 6.83. The van der Waals surface area contributed by atoms with E-state index in [1.807, 2.05) is 0 Å². The summed E-state index contributed by atoms with van der Waals surface area (Å²) in [6.45, 7) is 4.67. The topological polar surface area (TPSA) is 29.5 Å². The highest BCUT2D eigenvalue weighted by molar-refractivity contribution is 4.86. The van der Waals surface area contributed by atoms with Gasteiger partial charge < -0.3 is 9.84 Å². The Kier molecular flexibility index (Phi) is 3.60. The summed E-state index contributed by atoms with van der Waals surface area (Å²) in [6.07, 6.45) is 5.44. The molecule has 0 aromatic rings. The van der Waals surface area contributed by atoms with E-state index >= 15 is 0 Å². The zero-order valence-corrected chi connectivity index (χ0v) is 6.83. The van der Waals surface area contributed by atoms with E-state index in [9.17, 15) is 0 Å². The lowest BCUT2D eigenvalue weighted by molar-refractivity contribution is -0.0214. The molecule has 1 aliphatic heterocycles. The van der Waals surface area contributed by atoms with Gasteiger partial charge in [0.1, 0.15) is 0 Å². The van der Waals surface area contributed by atoms with E-state index in [4.69, 9.17) is 9.84 Å². The molecule has 11 heavy (non-hydrogen) atoms. The highest BCUT2D eigenvalue weighted by atomic mass is 16.5. The molecule has 0 aromatic heterocycles.